The van der Waals surface area contributed by atoms with E-state index in [4.69, 9.17) is 14.8 Å². The molecular formula is C29H32N6O. The summed E-state index contributed by atoms with van der Waals surface area (Å²) in [4.78, 5) is 16.4. The van der Waals surface area contributed by atoms with Crippen LogP contribution in [0, 0.1) is 0 Å². The summed E-state index contributed by atoms with van der Waals surface area (Å²) >= 11 is 0. The van der Waals surface area contributed by atoms with Gasteiger partial charge in [-0.25, -0.2) is 9.97 Å². The van der Waals surface area contributed by atoms with E-state index in [0.29, 0.717) is 18.4 Å². The van der Waals surface area contributed by atoms with Gasteiger partial charge in [0, 0.05) is 48.9 Å². The maximum atomic E-state index is 5.37. The number of nitrogens with zero attached hydrogens (tertiary/aromatic N) is 6. The number of piperidine rings is 1. The molecule has 0 spiro atoms. The van der Waals surface area contributed by atoms with Gasteiger partial charge in [0.1, 0.15) is 11.5 Å². The zero-order valence-corrected chi connectivity index (χ0v) is 20.8. The molecule has 0 amide bonds. The van der Waals surface area contributed by atoms with Gasteiger partial charge >= 0.3 is 0 Å². The monoisotopic (exact) mass is 480 g/mol. The Bertz CT molecular complexity index is 1290. The smallest absolute Gasteiger partial charge is 0.133 e. The van der Waals surface area contributed by atoms with Gasteiger partial charge in [-0.2, -0.15) is 5.10 Å². The van der Waals surface area contributed by atoms with Gasteiger partial charge in [-0.3, -0.25) is 14.6 Å². The van der Waals surface area contributed by atoms with Crippen LogP contribution < -0.4 is 0 Å². The Hall–Kier alpha value is -3.42. The molecule has 7 heteroatoms. The van der Waals surface area contributed by atoms with Crippen molar-refractivity contribution in [2.45, 2.75) is 44.7 Å². The van der Waals surface area contributed by atoms with Crippen LogP contribution in [0.4, 0.5) is 0 Å². The maximum Gasteiger partial charge on any atom is 0.133 e. The number of benzene rings is 1. The Kier molecular flexibility index (Phi) is 6.57. The van der Waals surface area contributed by atoms with Crippen molar-refractivity contribution in [1.82, 2.24) is 29.6 Å². The number of aromatic nitrogens is 5. The predicted molar refractivity (Wildman–Crippen MR) is 140 cm³/mol. The summed E-state index contributed by atoms with van der Waals surface area (Å²) < 4.78 is 7.31. The van der Waals surface area contributed by atoms with Crippen LogP contribution in [0.5, 0.6) is 0 Å². The molecule has 5 heterocycles. The largest absolute Gasteiger partial charge is 0.378 e. The van der Waals surface area contributed by atoms with E-state index in [1.165, 1.54) is 37.1 Å². The second-order valence-electron chi connectivity index (χ2n) is 9.77. The van der Waals surface area contributed by atoms with Gasteiger partial charge < -0.3 is 4.74 Å². The average Bonchev–Trinajstić information content (AvgIpc) is 3.34. The Balaban J connectivity index is 1.16. The molecule has 3 aromatic heterocycles. The van der Waals surface area contributed by atoms with Crippen LogP contribution in [0.1, 0.15) is 42.6 Å². The third kappa shape index (κ3) is 4.81. The number of aryl methyl sites for hydroxylation is 1. The molecule has 4 aromatic rings. The fourth-order valence-electron chi connectivity index (χ4n) is 5.24. The molecule has 6 rings (SSSR count). The first kappa shape index (κ1) is 23.0. The number of pyridine rings is 1. The number of hydrogen-bond donors (Lipinski definition) is 0. The van der Waals surface area contributed by atoms with Gasteiger partial charge in [-0.05, 0) is 68.1 Å². The van der Waals surface area contributed by atoms with Crippen LogP contribution in [-0.4, -0.2) is 62.0 Å². The lowest BCUT2D eigenvalue weighted by Gasteiger charge is -2.41. The normalized spacial score (nSPS) is 17.2. The minimum absolute atomic E-state index is 0.650. The standard InChI is InChI=1S/C29H32N6O/c1-2-35-18-26(29(33-35)24-4-3-12-30-17-24)27-9-13-31-28(32-27)16-21-5-7-22(8-6-21)23-10-14-34(15-11-23)25-19-36-20-25/h3-9,12-13,17-18,23,25H,2,10-11,14-16,19-20H2,1H3. The van der Waals surface area contributed by atoms with Crippen molar-refractivity contribution in [1.29, 1.82) is 0 Å². The fourth-order valence-corrected chi connectivity index (χ4v) is 5.24. The van der Waals surface area contributed by atoms with Crippen LogP contribution in [0.2, 0.25) is 0 Å². The Morgan fingerprint density at radius 2 is 1.83 bits per heavy atom. The van der Waals surface area contributed by atoms with E-state index in [2.05, 4.69) is 52.3 Å². The summed E-state index contributed by atoms with van der Waals surface area (Å²) in [5.41, 5.74) is 6.46. The van der Waals surface area contributed by atoms with Crippen molar-refractivity contribution < 1.29 is 4.74 Å². The molecule has 0 unspecified atom stereocenters. The molecule has 2 aliphatic heterocycles. The van der Waals surface area contributed by atoms with Gasteiger partial charge in [0.2, 0.25) is 0 Å². The van der Waals surface area contributed by atoms with Crippen molar-refractivity contribution in [3.63, 3.8) is 0 Å². The van der Waals surface area contributed by atoms with Crippen molar-refractivity contribution in [3.8, 4) is 22.5 Å². The molecule has 36 heavy (non-hydrogen) atoms. The van der Waals surface area contributed by atoms with Crippen LogP contribution in [-0.2, 0) is 17.7 Å². The van der Waals surface area contributed by atoms with Crippen LogP contribution in [0.25, 0.3) is 22.5 Å². The van der Waals surface area contributed by atoms with Gasteiger partial charge in [0.05, 0.1) is 24.9 Å². The lowest BCUT2D eigenvalue weighted by Crippen LogP contribution is -2.51. The summed E-state index contributed by atoms with van der Waals surface area (Å²) in [6.45, 7) is 7.06. The van der Waals surface area contributed by atoms with Gasteiger partial charge in [0.15, 0.2) is 0 Å². The third-order valence-electron chi connectivity index (χ3n) is 7.48. The van der Waals surface area contributed by atoms with Crippen LogP contribution in [0.15, 0.2) is 67.3 Å². The molecule has 0 bridgehead atoms. The first-order valence-corrected chi connectivity index (χ1v) is 13.0. The Labute approximate surface area is 212 Å². The minimum atomic E-state index is 0.650. The first-order chi connectivity index (χ1) is 17.8. The van der Waals surface area contributed by atoms with E-state index in [9.17, 15) is 0 Å². The highest BCUT2D eigenvalue weighted by Crippen LogP contribution is 2.31. The van der Waals surface area contributed by atoms with Crippen LogP contribution in [0.3, 0.4) is 0 Å². The summed E-state index contributed by atoms with van der Waals surface area (Å²) in [6.07, 6.45) is 10.7. The summed E-state index contributed by atoms with van der Waals surface area (Å²) in [7, 11) is 0. The van der Waals surface area contributed by atoms with Crippen LogP contribution >= 0.6 is 0 Å². The topological polar surface area (TPSA) is 69.0 Å². The maximum absolute atomic E-state index is 5.37. The molecule has 0 saturated carbocycles. The number of hydrogen-bond acceptors (Lipinski definition) is 6. The molecule has 2 aliphatic rings. The molecular weight excluding hydrogens is 448 g/mol. The number of rotatable bonds is 7. The zero-order chi connectivity index (χ0) is 24.3. The van der Waals surface area contributed by atoms with E-state index in [1.807, 2.05) is 35.3 Å². The van der Waals surface area contributed by atoms with Crippen molar-refractivity contribution in [2.75, 3.05) is 26.3 Å². The van der Waals surface area contributed by atoms with E-state index in [0.717, 1.165) is 48.1 Å². The first-order valence-electron chi connectivity index (χ1n) is 13.0. The molecule has 1 aromatic carbocycles. The zero-order valence-electron chi connectivity index (χ0n) is 20.8. The lowest BCUT2D eigenvalue weighted by atomic mass is 9.88. The molecule has 7 nitrogen and oxygen atoms in total. The van der Waals surface area contributed by atoms with E-state index in [-0.39, 0.29) is 0 Å². The molecule has 0 aliphatic carbocycles. The number of likely N-dealkylation sites (tertiary alicyclic amines) is 1. The molecule has 2 fully saturated rings. The molecule has 0 atom stereocenters. The Morgan fingerprint density at radius 3 is 2.53 bits per heavy atom. The molecule has 0 N–H and O–H groups in total. The quantitative estimate of drug-likeness (QED) is 0.385. The van der Waals surface area contributed by atoms with Crippen molar-refractivity contribution in [2.24, 2.45) is 0 Å². The fraction of sp³-hybridized carbons (Fsp3) is 0.379. The summed E-state index contributed by atoms with van der Waals surface area (Å²) in [5, 5.41) is 4.77. The second-order valence-corrected chi connectivity index (χ2v) is 9.77. The van der Waals surface area contributed by atoms with E-state index in [1.54, 1.807) is 6.20 Å². The van der Waals surface area contributed by atoms with Gasteiger partial charge in [0.25, 0.3) is 0 Å². The molecule has 2 saturated heterocycles. The summed E-state index contributed by atoms with van der Waals surface area (Å²) in [5.74, 6) is 1.47. The van der Waals surface area contributed by atoms with Gasteiger partial charge in [-0.15, -0.1) is 0 Å². The van der Waals surface area contributed by atoms with Crippen molar-refractivity contribution >= 4 is 0 Å². The van der Waals surface area contributed by atoms with E-state index >= 15 is 0 Å². The second kappa shape index (κ2) is 10.3. The van der Waals surface area contributed by atoms with Crippen molar-refractivity contribution in [3.05, 3.63) is 84.2 Å². The predicted octanol–water partition coefficient (Wildman–Crippen LogP) is 4.59. The summed E-state index contributed by atoms with van der Waals surface area (Å²) in [6, 6.07) is 15.7. The Morgan fingerprint density at radius 1 is 1.00 bits per heavy atom. The SMILES string of the molecule is CCn1cc(-c2ccnc(Cc3ccc(C4CCN(C5COC5)CC4)cc3)n2)c(-c2cccnc2)n1. The lowest BCUT2D eigenvalue weighted by molar-refractivity contribution is -0.0712. The third-order valence-corrected chi connectivity index (χ3v) is 7.48. The minimum Gasteiger partial charge on any atom is -0.378 e. The van der Waals surface area contributed by atoms with E-state index < -0.39 is 0 Å². The highest BCUT2D eigenvalue weighted by atomic mass is 16.5. The molecule has 0 radical (unpaired) electrons. The molecule has 184 valence electrons. The van der Waals surface area contributed by atoms with Gasteiger partial charge in [-0.1, -0.05) is 24.3 Å². The highest BCUT2D eigenvalue weighted by molar-refractivity contribution is 5.78. The average molecular weight is 481 g/mol. The highest BCUT2D eigenvalue weighted by Gasteiger charge is 2.30. The number of ether oxygens (including phenoxy) is 1.